The molecule has 5 heteroatoms. The molecular weight excluding hydrogens is 150 g/mol. The maximum atomic E-state index is 10.5. The number of ether oxygens (including phenoxy) is 2. The lowest BCUT2D eigenvalue weighted by molar-refractivity contribution is -0.151. The quantitative estimate of drug-likeness (QED) is 0.536. The number of carbonyl (C=O) groups is 2. The van der Waals surface area contributed by atoms with Gasteiger partial charge < -0.3 is 15.2 Å². The summed E-state index contributed by atoms with van der Waals surface area (Å²) in [6, 6.07) is 0. The Balaban J connectivity index is 2.56. The minimum Gasteiger partial charge on any atom is -0.461 e. The van der Waals surface area contributed by atoms with Gasteiger partial charge in [-0.1, -0.05) is 0 Å². The Labute approximate surface area is 62.8 Å². The Bertz CT molecular complexity index is 221. The van der Waals surface area contributed by atoms with Gasteiger partial charge in [0, 0.05) is 0 Å². The van der Waals surface area contributed by atoms with E-state index in [9.17, 15) is 9.59 Å². The normalized spacial score (nSPS) is 16.4. The lowest BCUT2D eigenvalue weighted by atomic mass is 10.3. The van der Waals surface area contributed by atoms with Crippen LogP contribution in [0.25, 0.3) is 0 Å². The molecule has 1 aliphatic rings. The third kappa shape index (κ3) is 2.29. The van der Waals surface area contributed by atoms with Crippen LogP contribution in [-0.4, -0.2) is 18.7 Å². The van der Waals surface area contributed by atoms with Gasteiger partial charge in [0.05, 0.1) is 12.5 Å². The van der Waals surface area contributed by atoms with Gasteiger partial charge in [0.25, 0.3) is 0 Å². The minimum atomic E-state index is -0.536. The predicted molar refractivity (Wildman–Crippen MR) is 33.9 cm³/mol. The largest absolute Gasteiger partial charge is 0.461 e. The van der Waals surface area contributed by atoms with E-state index in [1.807, 2.05) is 0 Å². The standard InChI is InChI=1S/C6H7NO4/c7-5(8)1-4-2-6(9)11-3-10-4/h2H,1,3H2,(H2,7,8). The molecular formula is C6H7NO4. The molecule has 5 nitrogen and oxygen atoms in total. The second kappa shape index (κ2) is 3.05. The molecule has 0 fully saturated rings. The van der Waals surface area contributed by atoms with E-state index >= 15 is 0 Å². The van der Waals surface area contributed by atoms with E-state index < -0.39 is 11.9 Å². The molecule has 2 N–H and O–H groups in total. The van der Waals surface area contributed by atoms with Gasteiger partial charge in [-0.05, 0) is 0 Å². The Kier molecular flexibility index (Phi) is 2.10. The van der Waals surface area contributed by atoms with Crippen molar-refractivity contribution in [2.75, 3.05) is 6.79 Å². The highest BCUT2D eigenvalue weighted by Crippen LogP contribution is 2.08. The molecule has 0 saturated heterocycles. The van der Waals surface area contributed by atoms with Gasteiger partial charge in [0.2, 0.25) is 12.7 Å². The van der Waals surface area contributed by atoms with Crippen LogP contribution in [0.5, 0.6) is 0 Å². The number of hydrogen-bond acceptors (Lipinski definition) is 4. The predicted octanol–water partition coefficient (Wildman–Crippen LogP) is -0.723. The van der Waals surface area contributed by atoms with E-state index in [2.05, 4.69) is 4.74 Å². The fourth-order valence-corrected chi connectivity index (χ4v) is 0.652. The second-order valence-electron chi connectivity index (χ2n) is 1.98. The van der Waals surface area contributed by atoms with Gasteiger partial charge in [-0.25, -0.2) is 4.79 Å². The van der Waals surface area contributed by atoms with Crippen molar-refractivity contribution in [3.63, 3.8) is 0 Å². The van der Waals surface area contributed by atoms with Crippen molar-refractivity contribution in [3.05, 3.63) is 11.8 Å². The topological polar surface area (TPSA) is 78.6 Å². The number of amides is 1. The van der Waals surface area contributed by atoms with Crippen LogP contribution in [-0.2, 0) is 19.1 Å². The molecule has 1 heterocycles. The first-order valence-corrected chi connectivity index (χ1v) is 2.97. The van der Waals surface area contributed by atoms with E-state index in [0.717, 1.165) is 6.08 Å². The molecule has 0 unspecified atom stereocenters. The average molecular weight is 157 g/mol. The van der Waals surface area contributed by atoms with Crippen LogP contribution in [0.2, 0.25) is 0 Å². The summed E-state index contributed by atoms with van der Waals surface area (Å²) in [5.41, 5.74) is 4.86. The second-order valence-corrected chi connectivity index (χ2v) is 1.98. The fourth-order valence-electron chi connectivity index (χ4n) is 0.652. The van der Waals surface area contributed by atoms with Gasteiger partial charge in [-0.2, -0.15) is 0 Å². The number of carbonyl (C=O) groups excluding carboxylic acids is 2. The molecule has 0 aromatic carbocycles. The minimum absolute atomic E-state index is 0.0604. The highest BCUT2D eigenvalue weighted by Gasteiger charge is 2.12. The third-order valence-corrected chi connectivity index (χ3v) is 1.07. The Morgan fingerprint density at radius 2 is 2.36 bits per heavy atom. The molecule has 0 saturated carbocycles. The summed E-state index contributed by atoms with van der Waals surface area (Å²) in [4.78, 5) is 20.8. The highest BCUT2D eigenvalue weighted by molar-refractivity contribution is 5.85. The number of cyclic esters (lactones) is 1. The van der Waals surface area contributed by atoms with Crippen LogP contribution < -0.4 is 5.73 Å². The molecule has 60 valence electrons. The summed E-state index contributed by atoms with van der Waals surface area (Å²) in [5, 5.41) is 0. The molecule has 0 radical (unpaired) electrons. The molecule has 0 aromatic heterocycles. The number of nitrogens with two attached hydrogens (primary N) is 1. The van der Waals surface area contributed by atoms with Crippen LogP contribution >= 0.6 is 0 Å². The van der Waals surface area contributed by atoms with Crippen molar-refractivity contribution in [1.82, 2.24) is 0 Å². The van der Waals surface area contributed by atoms with E-state index in [-0.39, 0.29) is 19.0 Å². The summed E-state index contributed by atoms with van der Waals surface area (Å²) in [6.45, 7) is -0.141. The van der Waals surface area contributed by atoms with E-state index in [1.165, 1.54) is 0 Å². The van der Waals surface area contributed by atoms with Gasteiger partial charge in [-0.3, -0.25) is 4.79 Å². The first-order valence-electron chi connectivity index (χ1n) is 2.97. The summed E-state index contributed by atoms with van der Waals surface area (Å²) in [6.07, 6.45) is 1.04. The summed E-state index contributed by atoms with van der Waals surface area (Å²) < 4.78 is 9.18. The van der Waals surface area contributed by atoms with Gasteiger partial charge in [0.1, 0.15) is 5.76 Å². The maximum absolute atomic E-state index is 10.5. The first-order chi connectivity index (χ1) is 5.18. The molecule has 0 aromatic rings. The molecule has 0 spiro atoms. The molecule has 1 rings (SSSR count). The molecule has 1 aliphatic heterocycles. The van der Waals surface area contributed by atoms with Crippen molar-refractivity contribution in [2.24, 2.45) is 5.73 Å². The van der Waals surface area contributed by atoms with Crippen LogP contribution in [0.15, 0.2) is 11.8 Å². The molecule has 0 aliphatic carbocycles. The monoisotopic (exact) mass is 157 g/mol. The lowest BCUT2D eigenvalue weighted by Gasteiger charge is -2.12. The van der Waals surface area contributed by atoms with Crippen molar-refractivity contribution < 1.29 is 19.1 Å². The van der Waals surface area contributed by atoms with Crippen LogP contribution in [0, 0.1) is 0 Å². The average Bonchev–Trinajstić information content (AvgIpc) is 1.85. The van der Waals surface area contributed by atoms with Gasteiger partial charge >= 0.3 is 5.97 Å². The Morgan fingerprint density at radius 1 is 1.64 bits per heavy atom. The van der Waals surface area contributed by atoms with Crippen molar-refractivity contribution in [2.45, 2.75) is 6.42 Å². The fraction of sp³-hybridized carbons (Fsp3) is 0.333. The van der Waals surface area contributed by atoms with Crippen LogP contribution in [0.4, 0.5) is 0 Å². The Morgan fingerprint density at radius 3 is 2.91 bits per heavy atom. The Hall–Kier alpha value is -1.52. The van der Waals surface area contributed by atoms with Gasteiger partial charge in [0.15, 0.2) is 0 Å². The van der Waals surface area contributed by atoms with Gasteiger partial charge in [-0.15, -0.1) is 0 Å². The maximum Gasteiger partial charge on any atom is 0.337 e. The van der Waals surface area contributed by atoms with Crippen molar-refractivity contribution in [1.29, 1.82) is 0 Å². The number of hydrogen-bond donors (Lipinski definition) is 1. The molecule has 11 heavy (non-hydrogen) atoms. The molecule has 0 atom stereocenters. The third-order valence-electron chi connectivity index (χ3n) is 1.07. The van der Waals surface area contributed by atoms with Crippen molar-refractivity contribution >= 4 is 11.9 Å². The number of rotatable bonds is 2. The smallest absolute Gasteiger partial charge is 0.337 e. The number of primary amides is 1. The van der Waals surface area contributed by atoms with E-state index in [1.54, 1.807) is 0 Å². The van der Waals surface area contributed by atoms with E-state index in [4.69, 9.17) is 10.5 Å². The summed E-state index contributed by atoms with van der Waals surface area (Å²) in [5.74, 6) is -0.785. The molecule has 0 bridgehead atoms. The summed E-state index contributed by atoms with van der Waals surface area (Å²) in [7, 11) is 0. The number of esters is 1. The molecule has 1 amide bonds. The zero-order chi connectivity index (χ0) is 8.27. The highest BCUT2D eigenvalue weighted by atomic mass is 16.7. The van der Waals surface area contributed by atoms with Crippen molar-refractivity contribution in [3.8, 4) is 0 Å². The van der Waals surface area contributed by atoms with Crippen LogP contribution in [0.3, 0.4) is 0 Å². The summed E-state index contributed by atoms with van der Waals surface area (Å²) >= 11 is 0. The lowest BCUT2D eigenvalue weighted by Crippen LogP contribution is -2.18. The SMILES string of the molecule is NC(=O)CC1=CC(=O)OCO1. The van der Waals surface area contributed by atoms with E-state index in [0.29, 0.717) is 0 Å². The van der Waals surface area contributed by atoms with Crippen LogP contribution in [0.1, 0.15) is 6.42 Å². The first kappa shape index (κ1) is 7.59. The zero-order valence-corrected chi connectivity index (χ0v) is 5.70. The zero-order valence-electron chi connectivity index (χ0n) is 5.70.